The molecule has 0 radical (unpaired) electrons. The maximum absolute atomic E-state index is 12.3. The van der Waals surface area contributed by atoms with Gasteiger partial charge >= 0.3 is 5.97 Å². The quantitative estimate of drug-likeness (QED) is 0.681. The molecule has 0 heterocycles. The van der Waals surface area contributed by atoms with Gasteiger partial charge in [-0.3, -0.25) is 9.59 Å². The summed E-state index contributed by atoms with van der Waals surface area (Å²) in [6.45, 7) is 6.51. The number of aliphatic carboxylic acids is 1. The van der Waals surface area contributed by atoms with E-state index in [2.05, 4.69) is 5.32 Å². The fraction of sp³-hybridized carbons (Fsp3) is 0.500. The molecule has 2 N–H and O–H groups in total. The molecule has 0 aliphatic carbocycles. The van der Waals surface area contributed by atoms with Gasteiger partial charge < -0.3 is 19.9 Å². The van der Waals surface area contributed by atoms with E-state index in [1.54, 1.807) is 38.1 Å². The Morgan fingerprint density at radius 1 is 1.23 bits per heavy atom. The van der Waals surface area contributed by atoms with Crippen molar-refractivity contribution in [3.63, 3.8) is 0 Å². The van der Waals surface area contributed by atoms with Crippen molar-refractivity contribution in [1.29, 1.82) is 0 Å². The second-order valence-corrected chi connectivity index (χ2v) is 4.93. The third kappa shape index (κ3) is 5.37. The Morgan fingerprint density at radius 2 is 1.91 bits per heavy atom. The van der Waals surface area contributed by atoms with Crippen LogP contribution in [0.2, 0.25) is 0 Å². The average molecular weight is 309 g/mol. The first-order valence-electron chi connectivity index (χ1n) is 7.30. The number of hydrogen-bond acceptors (Lipinski definition) is 4. The number of rotatable bonds is 9. The molecule has 2 unspecified atom stereocenters. The van der Waals surface area contributed by atoms with E-state index in [4.69, 9.17) is 14.6 Å². The molecule has 122 valence electrons. The van der Waals surface area contributed by atoms with Gasteiger partial charge in [-0.1, -0.05) is 12.1 Å². The zero-order valence-electron chi connectivity index (χ0n) is 13.2. The lowest BCUT2D eigenvalue weighted by Crippen LogP contribution is -2.40. The maximum atomic E-state index is 12.3. The van der Waals surface area contributed by atoms with Crippen molar-refractivity contribution in [3.8, 4) is 5.75 Å². The molecule has 0 saturated heterocycles. The third-order valence-electron chi connectivity index (χ3n) is 3.32. The molecule has 6 heteroatoms. The van der Waals surface area contributed by atoms with Crippen LogP contribution in [0.25, 0.3) is 0 Å². The molecule has 0 saturated carbocycles. The van der Waals surface area contributed by atoms with Crippen LogP contribution in [0.5, 0.6) is 5.75 Å². The van der Waals surface area contributed by atoms with E-state index in [0.29, 0.717) is 31.1 Å². The van der Waals surface area contributed by atoms with Gasteiger partial charge in [-0.25, -0.2) is 0 Å². The van der Waals surface area contributed by atoms with Crippen LogP contribution in [0.4, 0.5) is 0 Å². The Morgan fingerprint density at radius 3 is 2.55 bits per heavy atom. The van der Waals surface area contributed by atoms with Crippen LogP contribution in [0.3, 0.4) is 0 Å². The van der Waals surface area contributed by atoms with Gasteiger partial charge in [-0.05, 0) is 32.9 Å². The molecular formula is C16H23NO5. The van der Waals surface area contributed by atoms with E-state index in [-0.39, 0.29) is 5.91 Å². The molecule has 22 heavy (non-hydrogen) atoms. The fourth-order valence-corrected chi connectivity index (χ4v) is 1.76. The van der Waals surface area contributed by atoms with Crippen molar-refractivity contribution in [1.82, 2.24) is 5.32 Å². The van der Waals surface area contributed by atoms with Gasteiger partial charge in [0.15, 0.2) is 0 Å². The molecule has 0 spiro atoms. The van der Waals surface area contributed by atoms with Crippen molar-refractivity contribution in [2.24, 2.45) is 5.92 Å². The zero-order chi connectivity index (χ0) is 16.5. The predicted molar refractivity (Wildman–Crippen MR) is 82.2 cm³/mol. The summed E-state index contributed by atoms with van der Waals surface area (Å²) in [7, 11) is 0. The normalized spacial score (nSPS) is 13.2. The highest BCUT2D eigenvalue weighted by atomic mass is 16.5. The summed E-state index contributed by atoms with van der Waals surface area (Å²) in [5, 5.41) is 11.7. The van der Waals surface area contributed by atoms with Gasteiger partial charge in [-0.2, -0.15) is 0 Å². The minimum Gasteiger partial charge on any atom is -0.490 e. The Hall–Kier alpha value is -2.08. The Kier molecular flexibility index (Phi) is 7.39. The first kappa shape index (κ1) is 18.0. The van der Waals surface area contributed by atoms with Crippen molar-refractivity contribution in [2.45, 2.75) is 26.8 Å². The summed E-state index contributed by atoms with van der Waals surface area (Å²) in [5.74, 6) is -1.52. The minimum atomic E-state index is -0.950. The molecule has 1 aromatic rings. The molecule has 2 atom stereocenters. The Bertz CT molecular complexity index is 503. The summed E-state index contributed by atoms with van der Waals surface area (Å²) in [5.41, 5.74) is 0.378. The van der Waals surface area contributed by atoms with Gasteiger partial charge in [0.1, 0.15) is 12.4 Å². The number of amides is 1. The summed E-state index contributed by atoms with van der Waals surface area (Å²) >= 11 is 0. The van der Waals surface area contributed by atoms with Gasteiger partial charge in [-0.15, -0.1) is 0 Å². The first-order valence-corrected chi connectivity index (χ1v) is 7.30. The number of carboxylic acid groups (broad SMARTS) is 1. The molecule has 0 aliphatic rings. The number of hydrogen-bond donors (Lipinski definition) is 2. The topological polar surface area (TPSA) is 84.9 Å². The second kappa shape index (κ2) is 9.04. The highest BCUT2D eigenvalue weighted by molar-refractivity contribution is 5.97. The Labute approximate surface area is 130 Å². The number of nitrogens with one attached hydrogen (secondary N) is 1. The smallest absolute Gasteiger partial charge is 0.308 e. The molecule has 0 aromatic heterocycles. The van der Waals surface area contributed by atoms with Crippen LogP contribution in [-0.2, 0) is 9.53 Å². The highest BCUT2D eigenvalue weighted by Gasteiger charge is 2.22. The van der Waals surface area contributed by atoms with Crippen molar-refractivity contribution in [3.05, 3.63) is 29.8 Å². The number of ether oxygens (including phenoxy) is 2. The van der Waals surface area contributed by atoms with E-state index >= 15 is 0 Å². The second-order valence-electron chi connectivity index (χ2n) is 4.93. The summed E-state index contributed by atoms with van der Waals surface area (Å²) in [6, 6.07) is 6.36. The van der Waals surface area contributed by atoms with Gasteiger partial charge in [0.05, 0.1) is 18.1 Å². The Balaban J connectivity index is 2.70. The van der Waals surface area contributed by atoms with Crippen LogP contribution in [-0.4, -0.2) is 42.8 Å². The van der Waals surface area contributed by atoms with Crippen molar-refractivity contribution in [2.75, 3.05) is 19.8 Å². The van der Waals surface area contributed by atoms with Crippen LogP contribution < -0.4 is 10.1 Å². The monoisotopic (exact) mass is 309 g/mol. The van der Waals surface area contributed by atoms with Crippen LogP contribution in [0, 0.1) is 5.92 Å². The number of carbonyl (C=O) groups excluding carboxylic acids is 1. The van der Waals surface area contributed by atoms with Gasteiger partial charge in [0, 0.05) is 12.6 Å². The van der Waals surface area contributed by atoms with E-state index < -0.39 is 17.9 Å². The van der Waals surface area contributed by atoms with Crippen molar-refractivity contribution < 1.29 is 24.2 Å². The summed E-state index contributed by atoms with van der Waals surface area (Å²) in [4.78, 5) is 23.2. The summed E-state index contributed by atoms with van der Waals surface area (Å²) in [6.07, 6.45) is 0. The standard InChI is InChI=1S/C16H23NO5/c1-4-21-9-10-22-14-8-6-5-7-13(14)15(18)17-12(3)11(2)16(19)20/h5-8,11-12H,4,9-10H2,1-3H3,(H,17,18)(H,19,20). The molecule has 0 bridgehead atoms. The van der Waals surface area contributed by atoms with E-state index in [9.17, 15) is 9.59 Å². The fourth-order valence-electron chi connectivity index (χ4n) is 1.76. The summed E-state index contributed by atoms with van der Waals surface area (Å²) < 4.78 is 10.7. The van der Waals surface area contributed by atoms with Crippen LogP contribution in [0.15, 0.2) is 24.3 Å². The van der Waals surface area contributed by atoms with Crippen LogP contribution >= 0.6 is 0 Å². The average Bonchev–Trinajstić information content (AvgIpc) is 2.50. The predicted octanol–water partition coefficient (Wildman–Crippen LogP) is 1.94. The highest BCUT2D eigenvalue weighted by Crippen LogP contribution is 2.18. The SMILES string of the molecule is CCOCCOc1ccccc1C(=O)NC(C)C(C)C(=O)O. The molecule has 1 rings (SSSR count). The number of carbonyl (C=O) groups is 2. The maximum Gasteiger partial charge on any atom is 0.308 e. The lowest BCUT2D eigenvalue weighted by molar-refractivity contribution is -0.141. The number of benzene rings is 1. The van der Waals surface area contributed by atoms with Crippen LogP contribution in [0.1, 0.15) is 31.1 Å². The van der Waals surface area contributed by atoms with Gasteiger partial charge in [0.2, 0.25) is 0 Å². The zero-order valence-corrected chi connectivity index (χ0v) is 13.2. The number of para-hydroxylation sites is 1. The molecule has 0 fully saturated rings. The molecule has 1 amide bonds. The van der Waals surface area contributed by atoms with E-state index in [1.807, 2.05) is 6.92 Å². The molecular weight excluding hydrogens is 286 g/mol. The minimum absolute atomic E-state index is 0.346. The van der Waals surface area contributed by atoms with E-state index in [1.165, 1.54) is 0 Å². The lowest BCUT2D eigenvalue weighted by atomic mass is 10.0. The largest absolute Gasteiger partial charge is 0.490 e. The molecule has 0 aliphatic heterocycles. The molecule has 6 nitrogen and oxygen atoms in total. The first-order chi connectivity index (χ1) is 10.5. The van der Waals surface area contributed by atoms with Crippen molar-refractivity contribution >= 4 is 11.9 Å². The third-order valence-corrected chi connectivity index (χ3v) is 3.32. The molecule has 1 aromatic carbocycles. The number of carboxylic acids is 1. The lowest BCUT2D eigenvalue weighted by Gasteiger charge is -2.19. The van der Waals surface area contributed by atoms with E-state index in [0.717, 1.165) is 0 Å². The van der Waals surface area contributed by atoms with Gasteiger partial charge in [0.25, 0.3) is 5.91 Å².